The average molecular weight is 366 g/mol. The third-order valence-corrected chi connectivity index (χ3v) is 4.76. The Bertz CT molecular complexity index is 857. The highest BCUT2D eigenvalue weighted by Crippen LogP contribution is 2.23. The Labute approximate surface area is 157 Å². The number of likely N-dealkylation sites (tertiary alicyclic amines) is 1. The van der Waals surface area contributed by atoms with E-state index in [4.69, 9.17) is 13.7 Å². The standard InChI is InChI=1S/C21H22N2O4/c24-21(18-12-20(27-22-18)19-9-5-11-26-19)23-10-4-8-17(13-23)15-25-14-16-6-2-1-3-7-16/h1-3,5-7,9,11-12,17H,4,8,10,13-15H2. The van der Waals surface area contributed by atoms with E-state index in [0.29, 0.717) is 42.9 Å². The van der Waals surface area contributed by atoms with Gasteiger partial charge in [0.25, 0.3) is 5.91 Å². The van der Waals surface area contributed by atoms with Gasteiger partial charge in [0, 0.05) is 19.2 Å². The van der Waals surface area contributed by atoms with E-state index in [2.05, 4.69) is 17.3 Å². The van der Waals surface area contributed by atoms with Crippen LogP contribution in [0.3, 0.4) is 0 Å². The van der Waals surface area contributed by atoms with Gasteiger partial charge < -0.3 is 18.6 Å². The van der Waals surface area contributed by atoms with E-state index in [1.807, 2.05) is 23.1 Å². The quantitative estimate of drug-likeness (QED) is 0.659. The molecule has 27 heavy (non-hydrogen) atoms. The number of furan rings is 1. The van der Waals surface area contributed by atoms with Crippen LogP contribution in [0.25, 0.3) is 11.5 Å². The second kappa shape index (κ2) is 8.22. The molecule has 1 saturated heterocycles. The summed E-state index contributed by atoms with van der Waals surface area (Å²) in [5, 5.41) is 3.92. The Morgan fingerprint density at radius 2 is 2.07 bits per heavy atom. The number of carbonyl (C=O) groups excluding carboxylic acids is 1. The first-order valence-electron chi connectivity index (χ1n) is 9.21. The van der Waals surface area contributed by atoms with Crippen LogP contribution in [0.1, 0.15) is 28.9 Å². The van der Waals surface area contributed by atoms with Crippen molar-refractivity contribution in [2.24, 2.45) is 5.92 Å². The molecule has 0 aliphatic carbocycles. The molecule has 1 fully saturated rings. The Balaban J connectivity index is 1.31. The number of amides is 1. The van der Waals surface area contributed by atoms with Gasteiger partial charge in [-0.25, -0.2) is 0 Å². The summed E-state index contributed by atoms with van der Waals surface area (Å²) in [4.78, 5) is 14.6. The SMILES string of the molecule is O=C(c1cc(-c2ccco2)on1)N1CCCC(COCc2ccccc2)C1. The number of carbonyl (C=O) groups is 1. The van der Waals surface area contributed by atoms with Gasteiger partial charge in [0.2, 0.25) is 5.76 Å². The number of rotatable bonds is 6. The van der Waals surface area contributed by atoms with Crippen LogP contribution in [0, 0.1) is 5.92 Å². The second-order valence-electron chi connectivity index (χ2n) is 6.81. The van der Waals surface area contributed by atoms with E-state index in [9.17, 15) is 4.79 Å². The summed E-state index contributed by atoms with van der Waals surface area (Å²) in [6, 6.07) is 15.3. The maximum atomic E-state index is 12.8. The Kier molecular flexibility index (Phi) is 5.34. The van der Waals surface area contributed by atoms with E-state index in [1.54, 1.807) is 24.5 Å². The summed E-state index contributed by atoms with van der Waals surface area (Å²) < 4.78 is 16.4. The highest BCUT2D eigenvalue weighted by molar-refractivity contribution is 5.93. The maximum absolute atomic E-state index is 12.8. The van der Waals surface area contributed by atoms with Gasteiger partial charge in [-0.05, 0) is 36.5 Å². The molecule has 1 aromatic carbocycles. The van der Waals surface area contributed by atoms with Crippen LogP contribution in [-0.2, 0) is 11.3 Å². The van der Waals surface area contributed by atoms with Gasteiger partial charge in [-0.2, -0.15) is 0 Å². The molecule has 0 bridgehead atoms. The van der Waals surface area contributed by atoms with E-state index < -0.39 is 0 Å². The molecule has 1 amide bonds. The number of aromatic nitrogens is 1. The second-order valence-corrected chi connectivity index (χ2v) is 6.81. The molecule has 0 spiro atoms. The summed E-state index contributed by atoms with van der Waals surface area (Å²) in [6.07, 6.45) is 3.59. The molecule has 2 aromatic heterocycles. The first-order chi connectivity index (χ1) is 13.3. The highest BCUT2D eigenvalue weighted by Gasteiger charge is 2.27. The van der Waals surface area contributed by atoms with Crippen LogP contribution in [-0.4, -0.2) is 35.7 Å². The van der Waals surface area contributed by atoms with Gasteiger partial charge in [-0.15, -0.1) is 0 Å². The number of benzene rings is 1. The van der Waals surface area contributed by atoms with Crippen molar-refractivity contribution in [2.45, 2.75) is 19.4 Å². The smallest absolute Gasteiger partial charge is 0.276 e. The fourth-order valence-electron chi connectivity index (χ4n) is 3.38. The Morgan fingerprint density at radius 1 is 1.19 bits per heavy atom. The van der Waals surface area contributed by atoms with Crippen LogP contribution < -0.4 is 0 Å². The molecule has 0 radical (unpaired) electrons. The predicted molar refractivity (Wildman–Crippen MR) is 98.9 cm³/mol. The molecule has 6 heteroatoms. The van der Waals surface area contributed by atoms with Crippen molar-refractivity contribution in [3.8, 4) is 11.5 Å². The van der Waals surface area contributed by atoms with Crippen LogP contribution in [0.5, 0.6) is 0 Å². The zero-order chi connectivity index (χ0) is 18.5. The lowest BCUT2D eigenvalue weighted by Crippen LogP contribution is -2.41. The van der Waals surface area contributed by atoms with E-state index in [1.165, 1.54) is 0 Å². The minimum absolute atomic E-state index is 0.107. The number of hydrogen-bond donors (Lipinski definition) is 0. The number of hydrogen-bond acceptors (Lipinski definition) is 5. The van der Waals surface area contributed by atoms with Gasteiger partial charge in [0.1, 0.15) is 0 Å². The van der Waals surface area contributed by atoms with Crippen molar-refractivity contribution in [1.29, 1.82) is 0 Å². The molecule has 3 aromatic rings. The molecule has 1 atom stereocenters. The summed E-state index contributed by atoms with van der Waals surface area (Å²) in [7, 11) is 0. The highest BCUT2D eigenvalue weighted by atomic mass is 16.5. The van der Waals surface area contributed by atoms with Gasteiger partial charge >= 0.3 is 0 Å². The monoisotopic (exact) mass is 366 g/mol. The molecule has 1 unspecified atom stereocenters. The fourth-order valence-corrected chi connectivity index (χ4v) is 3.38. The summed E-state index contributed by atoms with van der Waals surface area (Å²) in [6.45, 7) is 2.66. The largest absolute Gasteiger partial charge is 0.461 e. The summed E-state index contributed by atoms with van der Waals surface area (Å²) in [5.74, 6) is 1.25. The van der Waals surface area contributed by atoms with Crippen molar-refractivity contribution >= 4 is 5.91 Å². The number of ether oxygens (including phenoxy) is 1. The van der Waals surface area contributed by atoms with E-state index >= 15 is 0 Å². The molecule has 0 N–H and O–H groups in total. The zero-order valence-electron chi connectivity index (χ0n) is 15.0. The van der Waals surface area contributed by atoms with Gasteiger partial charge in [-0.3, -0.25) is 4.79 Å². The fraction of sp³-hybridized carbons (Fsp3) is 0.333. The molecule has 140 valence electrons. The van der Waals surface area contributed by atoms with E-state index in [0.717, 1.165) is 24.9 Å². The van der Waals surface area contributed by atoms with E-state index in [-0.39, 0.29) is 5.91 Å². The van der Waals surface area contributed by atoms with Crippen molar-refractivity contribution in [2.75, 3.05) is 19.7 Å². The van der Waals surface area contributed by atoms with Crippen molar-refractivity contribution in [1.82, 2.24) is 10.1 Å². The molecule has 6 nitrogen and oxygen atoms in total. The first-order valence-corrected chi connectivity index (χ1v) is 9.21. The molecular weight excluding hydrogens is 344 g/mol. The van der Waals surface area contributed by atoms with Crippen LogP contribution in [0.15, 0.2) is 63.7 Å². The summed E-state index contributed by atoms with van der Waals surface area (Å²) in [5.41, 5.74) is 1.47. The Hall–Kier alpha value is -2.86. The van der Waals surface area contributed by atoms with Crippen molar-refractivity contribution in [3.63, 3.8) is 0 Å². The molecule has 0 saturated carbocycles. The molecule has 4 rings (SSSR count). The van der Waals surface area contributed by atoms with Crippen LogP contribution >= 0.6 is 0 Å². The number of nitrogens with zero attached hydrogens (tertiary/aromatic N) is 2. The lowest BCUT2D eigenvalue weighted by molar-refractivity contribution is 0.0420. The normalized spacial score (nSPS) is 17.2. The molecule has 1 aliphatic rings. The lowest BCUT2D eigenvalue weighted by atomic mass is 9.98. The van der Waals surface area contributed by atoms with Gasteiger partial charge in [0.05, 0.1) is 19.5 Å². The first kappa shape index (κ1) is 17.5. The minimum Gasteiger partial charge on any atom is -0.461 e. The third-order valence-electron chi connectivity index (χ3n) is 4.76. The topological polar surface area (TPSA) is 68.7 Å². The molecule has 1 aliphatic heterocycles. The summed E-state index contributed by atoms with van der Waals surface area (Å²) >= 11 is 0. The molecular formula is C21H22N2O4. The van der Waals surface area contributed by atoms with Crippen LogP contribution in [0.2, 0.25) is 0 Å². The molecule has 3 heterocycles. The number of piperidine rings is 1. The van der Waals surface area contributed by atoms with Gasteiger partial charge in [0.15, 0.2) is 11.5 Å². The minimum atomic E-state index is -0.107. The third kappa shape index (κ3) is 4.28. The predicted octanol–water partition coefficient (Wildman–Crippen LogP) is 4.00. The maximum Gasteiger partial charge on any atom is 0.276 e. The average Bonchev–Trinajstić information content (AvgIpc) is 3.40. The lowest BCUT2D eigenvalue weighted by Gasteiger charge is -2.32. The van der Waals surface area contributed by atoms with Crippen LogP contribution in [0.4, 0.5) is 0 Å². The van der Waals surface area contributed by atoms with Crippen molar-refractivity contribution in [3.05, 3.63) is 66.1 Å². The van der Waals surface area contributed by atoms with Gasteiger partial charge in [-0.1, -0.05) is 35.5 Å². The zero-order valence-corrected chi connectivity index (χ0v) is 15.0. The van der Waals surface area contributed by atoms with Crippen molar-refractivity contribution < 1.29 is 18.5 Å². The Morgan fingerprint density at radius 3 is 2.89 bits per heavy atom.